The van der Waals surface area contributed by atoms with Gasteiger partial charge in [-0.25, -0.2) is 0 Å². The molecule has 0 saturated heterocycles. The lowest BCUT2D eigenvalue weighted by molar-refractivity contribution is 0.0837. The normalized spacial score (nSPS) is 21.0. The molecule has 0 atom stereocenters. The van der Waals surface area contributed by atoms with E-state index in [-0.39, 0.29) is 12.1 Å². The Bertz CT molecular complexity index is 822. The molecule has 0 unspecified atom stereocenters. The summed E-state index contributed by atoms with van der Waals surface area (Å²) in [6.07, 6.45) is 6.78. The number of anilines is 1. The summed E-state index contributed by atoms with van der Waals surface area (Å²) >= 11 is 12.6. The molecule has 0 amide bonds. The van der Waals surface area contributed by atoms with Gasteiger partial charge in [0.2, 0.25) is 0 Å². The predicted octanol–water partition coefficient (Wildman–Crippen LogP) is 3.80. The molecule has 2 aromatic heterocycles. The minimum absolute atomic E-state index is 0.213. The molecule has 22 heavy (non-hydrogen) atoms. The van der Waals surface area contributed by atoms with E-state index in [2.05, 4.69) is 20.5 Å². The van der Waals surface area contributed by atoms with Crippen molar-refractivity contribution in [3.63, 3.8) is 0 Å². The number of hydrogen-bond donors (Lipinski definition) is 4. The highest BCUT2D eigenvalue weighted by Gasteiger charge is 2.28. The molecule has 114 valence electrons. The maximum absolute atomic E-state index is 9.47. The van der Waals surface area contributed by atoms with Gasteiger partial charge in [0, 0.05) is 40.6 Å². The van der Waals surface area contributed by atoms with E-state index in [9.17, 15) is 5.11 Å². The van der Waals surface area contributed by atoms with E-state index in [4.69, 9.17) is 23.2 Å². The summed E-state index contributed by atoms with van der Waals surface area (Å²) in [6, 6.07) is 2.09. The molecule has 0 bridgehead atoms. The molecule has 3 aromatic rings. The van der Waals surface area contributed by atoms with Gasteiger partial charge in [-0.05, 0) is 18.9 Å². The standard InChI is InChI=1S/C15H14Cl2N4O/c16-11-3-12(21-8-1-9(22)2-8)13-10(7-4-19-20-5-7)6-18-15(13)14(11)17/h3-6,8-9,18,21-22H,1-2H2,(H,19,20). The summed E-state index contributed by atoms with van der Waals surface area (Å²) in [5.74, 6) is 0. The predicted molar refractivity (Wildman–Crippen MR) is 88.6 cm³/mol. The molecule has 5 nitrogen and oxygen atoms in total. The molecule has 1 aromatic carbocycles. The zero-order chi connectivity index (χ0) is 15.3. The minimum Gasteiger partial charge on any atom is -0.393 e. The average molecular weight is 337 g/mol. The fourth-order valence-electron chi connectivity index (χ4n) is 2.92. The van der Waals surface area contributed by atoms with Crippen molar-refractivity contribution in [1.82, 2.24) is 15.2 Å². The molecular formula is C15H14Cl2N4O. The van der Waals surface area contributed by atoms with Crippen LogP contribution in [-0.4, -0.2) is 32.4 Å². The number of benzene rings is 1. The summed E-state index contributed by atoms with van der Waals surface area (Å²) in [6.45, 7) is 0. The second-order valence-corrected chi connectivity index (χ2v) is 6.41. The maximum atomic E-state index is 9.47. The van der Waals surface area contributed by atoms with E-state index in [0.717, 1.165) is 40.6 Å². The van der Waals surface area contributed by atoms with Crippen LogP contribution in [0.2, 0.25) is 10.0 Å². The van der Waals surface area contributed by atoms with Gasteiger partial charge in [0.05, 0.1) is 27.9 Å². The quantitative estimate of drug-likeness (QED) is 0.587. The van der Waals surface area contributed by atoms with Crippen LogP contribution in [0.25, 0.3) is 22.0 Å². The molecular weight excluding hydrogens is 323 g/mol. The molecule has 1 aliphatic carbocycles. The van der Waals surface area contributed by atoms with Crippen molar-refractivity contribution in [2.75, 3.05) is 5.32 Å². The Morgan fingerprint density at radius 3 is 2.77 bits per heavy atom. The van der Waals surface area contributed by atoms with Gasteiger partial charge in [-0.3, -0.25) is 5.10 Å². The Kier molecular flexibility index (Phi) is 3.29. The lowest BCUT2D eigenvalue weighted by atomic mass is 9.89. The number of fused-ring (bicyclic) bond motifs is 1. The number of H-pyrrole nitrogens is 2. The largest absolute Gasteiger partial charge is 0.393 e. The van der Waals surface area contributed by atoms with E-state index < -0.39 is 0 Å². The van der Waals surface area contributed by atoms with Gasteiger partial charge >= 0.3 is 0 Å². The van der Waals surface area contributed by atoms with Crippen LogP contribution in [0.4, 0.5) is 5.69 Å². The number of hydrogen-bond acceptors (Lipinski definition) is 3. The monoisotopic (exact) mass is 336 g/mol. The molecule has 2 heterocycles. The van der Waals surface area contributed by atoms with Crippen molar-refractivity contribution in [2.24, 2.45) is 0 Å². The summed E-state index contributed by atoms with van der Waals surface area (Å²) in [4.78, 5) is 3.20. The maximum Gasteiger partial charge on any atom is 0.0834 e. The number of aromatic amines is 2. The van der Waals surface area contributed by atoms with Crippen molar-refractivity contribution in [3.05, 3.63) is 34.7 Å². The Hall–Kier alpha value is -1.69. The summed E-state index contributed by atoms with van der Waals surface area (Å²) in [5.41, 5.74) is 3.69. The first-order valence-corrected chi connectivity index (χ1v) is 7.82. The number of aliphatic hydroxyl groups is 1. The van der Waals surface area contributed by atoms with Gasteiger partial charge in [-0.15, -0.1) is 0 Å². The molecule has 1 aliphatic rings. The topological polar surface area (TPSA) is 76.7 Å². The first-order chi connectivity index (χ1) is 10.6. The number of aromatic nitrogens is 3. The van der Waals surface area contributed by atoms with Crippen LogP contribution in [0.15, 0.2) is 24.7 Å². The lowest BCUT2D eigenvalue weighted by Crippen LogP contribution is -2.38. The summed E-state index contributed by atoms with van der Waals surface area (Å²) < 4.78 is 0. The molecule has 0 aliphatic heterocycles. The van der Waals surface area contributed by atoms with Crippen LogP contribution in [0.5, 0.6) is 0 Å². The van der Waals surface area contributed by atoms with Crippen molar-refractivity contribution < 1.29 is 5.11 Å². The van der Waals surface area contributed by atoms with Gasteiger partial charge < -0.3 is 15.4 Å². The Labute approximate surface area is 136 Å². The van der Waals surface area contributed by atoms with E-state index in [0.29, 0.717) is 10.0 Å². The van der Waals surface area contributed by atoms with E-state index >= 15 is 0 Å². The van der Waals surface area contributed by atoms with Gasteiger partial charge in [-0.2, -0.15) is 5.10 Å². The van der Waals surface area contributed by atoms with Gasteiger partial charge in [0.25, 0.3) is 0 Å². The third-order valence-electron chi connectivity index (χ3n) is 4.13. The van der Waals surface area contributed by atoms with Crippen LogP contribution < -0.4 is 5.32 Å². The fraction of sp³-hybridized carbons (Fsp3) is 0.267. The van der Waals surface area contributed by atoms with Crippen LogP contribution >= 0.6 is 23.2 Å². The van der Waals surface area contributed by atoms with E-state index in [1.165, 1.54) is 0 Å². The number of nitrogens with zero attached hydrogens (tertiary/aromatic N) is 1. The zero-order valence-electron chi connectivity index (χ0n) is 11.5. The number of nitrogens with one attached hydrogen (secondary N) is 3. The van der Waals surface area contributed by atoms with Crippen molar-refractivity contribution in [2.45, 2.75) is 25.0 Å². The first-order valence-electron chi connectivity index (χ1n) is 7.06. The molecule has 4 N–H and O–H groups in total. The lowest BCUT2D eigenvalue weighted by Gasteiger charge is -2.33. The number of rotatable bonds is 3. The minimum atomic E-state index is -0.213. The third-order valence-corrected chi connectivity index (χ3v) is 4.92. The SMILES string of the molecule is OC1CC(Nc2cc(Cl)c(Cl)c3[nH]cc(-c4cn[nH]c4)c23)C1. The third kappa shape index (κ3) is 2.17. The highest BCUT2D eigenvalue weighted by atomic mass is 35.5. The molecule has 1 fully saturated rings. The zero-order valence-corrected chi connectivity index (χ0v) is 13.0. The van der Waals surface area contributed by atoms with Crippen molar-refractivity contribution >= 4 is 39.8 Å². The average Bonchev–Trinajstić information content (AvgIpc) is 3.11. The summed E-state index contributed by atoms with van der Waals surface area (Å²) in [5, 5.41) is 21.7. The number of halogens is 2. The first kappa shape index (κ1) is 13.9. The molecule has 1 saturated carbocycles. The highest BCUT2D eigenvalue weighted by molar-refractivity contribution is 6.46. The van der Waals surface area contributed by atoms with E-state index in [1.807, 2.05) is 18.5 Å². The number of aliphatic hydroxyl groups excluding tert-OH is 1. The van der Waals surface area contributed by atoms with Crippen LogP contribution in [-0.2, 0) is 0 Å². The van der Waals surface area contributed by atoms with E-state index in [1.54, 1.807) is 6.20 Å². The molecule has 0 spiro atoms. The van der Waals surface area contributed by atoms with Crippen LogP contribution in [0.3, 0.4) is 0 Å². The van der Waals surface area contributed by atoms with Gasteiger partial charge in [0.1, 0.15) is 0 Å². The van der Waals surface area contributed by atoms with Gasteiger partial charge in [0.15, 0.2) is 0 Å². The smallest absolute Gasteiger partial charge is 0.0834 e. The second-order valence-electron chi connectivity index (χ2n) is 5.63. The second kappa shape index (κ2) is 5.19. The molecule has 0 radical (unpaired) electrons. The fourth-order valence-corrected chi connectivity index (χ4v) is 3.33. The Morgan fingerprint density at radius 2 is 2.09 bits per heavy atom. The molecule has 7 heteroatoms. The van der Waals surface area contributed by atoms with Crippen LogP contribution in [0.1, 0.15) is 12.8 Å². The van der Waals surface area contributed by atoms with Crippen molar-refractivity contribution in [1.29, 1.82) is 0 Å². The Balaban J connectivity index is 1.86. The van der Waals surface area contributed by atoms with Crippen molar-refractivity contribution in [3.8, 4) is 11.1 Å². The highest BCUT2D eigenvalue weighted by Crippen LogP contribution is 2.42. The summed E-state index contributed by atoms with van der Waals surface area (Å²) in [7, 11) is 0. The van der Waals surface area contributed by atoms with Crippen LogP contribution in [0, 0.1) is 0 Å². The molecule has 4 rings (SSSR count). The van der Waals surface area contributed by atoms with Gasteiger partial charge in [-0.1, -0.05) is 23.2 Å². The Morgan fingerprint density at radius 1 is 1.27 bits per heavy atom.